The highest BCUT2D eigenvalue weighted by molar-refractivity contribution is 6.45. The van der Waals surface area contributed by atoms with Crippen molar-refractivity contribution in [3.8, 4) is 11.8 Å². The molecular weight excluding hydrogens is 299 g/mol. The number of nitriles is 1. The fourth-order valence-electron chi connectivity index (χ4n) is 1.59. The van der Waals surface area contributed by atoms with Gasteiger partial charge in [0.05, 0.1) is 11.4 Å². The average molecular weight is 312 g/mol. The summed E-state index contributed by atoms with van der Waals surface area (Å²) in [6.07, 6.45) is 1.63. The number of nitrogens with zero attached hydrogens (tertiary/aromatic N) is 3. The van der Waals surface area contributed by atoms with E-state index in [0.29, 0.717) is 11.4 Å². The van der Waals surface area contributed by atoms with Gasteiger partial charge in [-0.05, 0) is 24.3 Å². The Kier molecular flexibility index (Phi) is 5.20. The van der Waals surface area contributed by atoms with Gasteiger partial charge in [0.15, 0.2) is 17.4 Å². The number of hydrogen-bond donors (Lipinski definition) is 3. The molecule has 1 aromatic heterocycles. The Labute approximate surface area is 131 Å². The van der Waals surface area contributed by atoms with Gasteiger partial charge in [-0.3, -0.25) is 15.8 Å². The van der Waals surface area contributed by atoms with Crippen LogP contribution in [0.5, 0.6) is 5.75 Å². The largest absolute Gasteiger partial charge is 0.484 e. The number of anilines is 1. The molecule has 8 heteroatoms. The summed E-state index contributed by atoms with van der Waals surface area (Å²) in [6, 6.07) is 11.1. The van der Waals surface area contributed by atoms with E-state index < -0.39 is 11.7 Å². The van der Waals surface area contributed by atoms with E-state index in [1.165, 1.54) is 12.1 Å². The molecule has 7 nitrogen and oxygen atoms in total. The maximum Gasteiger partial charge on any atom is 0.201 e. The molecule has 116 valence electrons. The summed E-state index contributed by atoms with van der Waals surface area (Å²) in [4.78, 5) is 4.08. The Hall–Kier alpha value is -3.47. The smallest absolute Gasteiger partial charge is 0.201 e. The number of benzene rings is 1. The van der Waals surface area contributed by atoms with Crippen LogP contribution >= 0.6 is 0 Å². The second-order valence-electron chi connectivity index (χ2n) is 4.35. The van der Waals surface area contributed by atoms with Gasteiger partial charge in [0.25, 0.3) is 0 Å². The van der Waals surface area contributed by atoms with Crippen LogP contribution in [-0.4, -0.2) is 16.5 Å². The van der Waals surface area contributed by atoms with Crippen LogP contribution in [0.1, 0.15) is 5.69 Å². The first-order chi connectivity index (χ1) is 11.1. The molecule has 0 saturated carbocycles. The highest BCUT2D eigenvalue weighted by Crippen LogP contribution is 2.22. The van der Waals surface area contributed by atoms with Gasteiger partial charge in [0.2, 0.25) is 5.71 Å². The highest BCUT2D eigenvalue weighted by Gasteiger charge is 2.06. The second-order valence-corrected chi connectivity index (χ2v) is 4.35. The standard InChI is InChI=1S/C15H13FN6O/c16-12-7-10(21-22-13(8-17)15(18)19)4-5-14(12)23-9-11-3-1-2-6-20-11/h1-7,21H,9H2,(H3,18,19)/b22-13+. The molecule has 0 spiro atoms. The third-order valence-corrected chi connectivity index (χ3v) is 2.69. The zero-order valence-corrected chi connectivity index (χ0v) is 12.0. The molecule has 2 rings (SSSR count). The number of hydrogen-bond acceptors (Lipinski definition) is 6. The Morgan fingerprint density at radius 2 is 2.26 bits per heavy atom. The van der Waals surface area contributed by atoms with Crippen molar-refractivity contribution in [1.29, 1.82) is 10.7 Å². The van der Waals surface area contributed by atoms with Crippen molar-refractivity contribution < 1.29 is 9.13 Å². The predicted octanol–water partition coefficient (Wildman–Crippen LogP) is 2.03. The zero-order chi connectivity index (χ0) is 16.7. The van der Waals surface area contributed by atoms with Crippen LogP contribution in [-0.2, 0) is 6.61 Å². The highest BCUT2D eigenvalue weighted by atomic mass is 19.1. The predicted molar refractivity (Wildman–Crippen MR) is 83.6 cm³/mol. The first-order valence-corrected chi connectivity index (χ1v) is 6.50. The van der Waals surface area contributed by atoms with Crippen molar-refractivity contribution in [2.24, 2.45) is 10.8 Å². The number of rotatable bonds is 6. The minimum absolute atomic E-state index is 0.0669. The van der Waals surface area contributed by atoms with Crippen molar-refractivity contribution in [3.63, 3.8) is 0 Å². The van der Waals surface area contributed by atoms with E-state index in [1.54, 1.807) is 24.4 Å². The molecule has 0 aliphatic rings. The van der Waals surface area contributed by atoms with Crippen molar-refractivity contribution in [1.82, 2.24) is 4.98 Å². The lowest BCUT2D eigenvalue weighted by Gasteiger charge is -2.08. The molecule has 0 aliphatic carbocycles. The van der Waals surface area contributed by atoms with Gasteiger partial charge in [-0.1, -0.05) is 6.07 Å². The summed E-state index contributed by atoms with van der Waals surface area (Å²) in [5.41, 5.74) is 8.29. The third-order valence-electron chi connectivity index (χ3n) is 2.69. The van der Waals surface area contributed by atoms with Gasteiger partial charge in [-0.15, -0.1) is 0 Å². The normalized spacial score (nSPS) is 10.7. The van der Waals surface area contributed by atoms with E-state index in [9.17, 15) is 4.39 Å². The summed E-state index contributed by atoms with van der Waals surface area (Å²) in [5, 5.41) is 19.4. The molecule has 0 atom stereocenters. The molecule has 0 bridgehead atoms. The first-order valence-electron chi connectivity index (χ1n) is 6.50. The number of nitrogens with two attached hydrogens (primary N) is 1. The monoisotopic (exact) mass is 312 g/mol. The van der Waals surface area contributed by atoms with Crippen LogP contribution < -0.4 is 15.9 Å². The molecule has 0 radical (unpaired) electrons. The Morgan fingerprint density at radius 3 is 2.87 bits per heavy atom. The van der Waals surface area contributed by atoms with Gasteiger partial charge in [0, 0.05) is 12.3 Å². The molecule has 0 fully saturated rings. The van der Waals surface area contributed by atoms with Crippen molar-refractivity contribution in [2.45, 2.75) is 6.61 Å². The Balaban J connectivity index is 2.03. The SMILES string of the molecule is N#C/C(=N\Nc1ccc(OCc2ccccn2)c(F)c1)C(=N)N. The number of halogens is 1. The molecule has 2 aromatic rings. The van der Waals surface area contributed by atoms with Crippen LogP contribution in [0, 0.1) is 22.6 Å². The minimum atomic E-state index is -0.595. The lowest BCUT2D eigenvalue weighted by molar-refractivity contribution is 0.286. The molecule has 0 saturated heterocycles. The Morgan fingerprint density at radius 1 is 1.43 bits per heavy atom. The molecular formula is C15H13FN6O. The van der Waals surface area contributed by atoms with Crippen LogP contribution in [0.4, 0.5) is 10.1 Å². The van der Waals surface area contributed by atoms with Crippen LogP contribution in [0.15, 0.2) is 47.7 Å². The maximum absolute atomic E-state index is 14.0. The number of amidine groups is 1. The molecule has 4 N–H and O–H groups in total. The fourth-order valence-corrected chi connectivity index (χ4v) is 1.59. The van der Waals surface area contributed by atoms with Gasteiger partial charge in [-0.25, -0.2) is 4.39 Å². The number of hydrazone groups is 1. The lowest BCUT2D eigenvalue weighted by atomic mass is 10.3. The van der Waals surface area contributed by atoms with Gasteiger partial charge in [-0.2, -0.15) is 10.4 Å². The second kappa shape index (κ2) is 7.51. The quantitative estimate of drug-likeness (QED) is 0.428. The molecule has 1 heterocycles. The lowest BCUT2D eigenvalue weighted by Crippen LogP contribution is -2.21. The van der Waals surface area contributed by atoms with Crippen molar-refractivity contribution in [2.75, 3.05) is 5.43 Å². The minimum Gasteiger partial charge on any atom is -0.484 e. The first kappa shape index (κ1) is 15.9. The maximum atomic E-state index is 14.0. The number of aromatic nitrogens is 1. The Bertz CT molecular complexity index is 769. The summed E-state index contributed by atoms with van der Waals surface area (Å²) in [6.45, 7) is 0.144. The summed E-state index contributed by atoms with van der Waals surface area (Å²) in [7, 11) is 0. The molecule has 0 aliphatic heterocycles. The molecule has 23 heavy (non-hydrogen) atoms. The van der Waals surface area contributed by atoms with Crippen molar-refractivity contribution in [3.05, 3.63) is 54.1 Å². The van der Waals surface area contributed by atoms with E-state index >= 15 is 0 Å². The molecule has 0 unspecified atom stereocenters. The van der Waals surface area contributed by atoms with E-state index in [1.807, 2.05) is 6.07 Å². The van der Waals surface area contributed by atoms with Gasteiger partial charge < -0.3 is 10.5 Å². The van der Waals surface area contributed by atoms with E-state index in [-0.39, 0.29) is 18.1 Å². The molecule has 0 amide bonds. The van der Waals surface area contributed by atoms with E-state index in [4.69, 9.17) is 21.1 Å². The van der Waals surface area contributed by atoms with Gasteiger partial charge in [0.1, 0.15) is 12.7 Å². The average Bonchev–Trinajstić information content (AvgIpc) is 2.55. The number of nitrogens with one attached hydrogen (secondary N) is 2. The topological polar surface area (TPSA) is 120 Å². The van der Waals surface area contributed by atoms with Crippen LogP contribution in [0.25, 0.3) is 0 Å². The summed E-state index contributed by atoms with van der Waals surface area (Å²) in [5.74, 6) is -1.00. The van der Waals surface area contributed by atoms with E-state index in [0.717, 1.165) is 6.07 Å². The number of pyridine rings is 1. The summed E-state index contributed by atoms with van der Waals surface area (Å²) < 4.78 is 19.3. The van der Waals surface area contributed by atoms with Crippen molar-refractivity contribution >= 4 is 17.2 Å². The fraction of sp³-hybridized carbons (Fsp3) is 0.0667. The van der Waals surface area contributed by atoms with Gasteiger partial charge >= 0.3 is 0 Å². The number of ether oxygens (including phenoxy) is 1. The van der Waals surface area contributed by atoms with Crippen LogP contribution in [0.2, 0.25) is 0 Å². The molecule has 1 aromatic carbocycles. The van der Waals surface area contributed by atoms with E-state index in [2.05, 4.69) is 15.5 Å². The zero-order valence-electron chi connectivity index (χ0n) is 12.0. The third kappa shape index (κ3) is 4.50. The van der Waals surface area contributed by atoms with Crippen LogP contribution in [0.3, 0.4) is 0 Å². The summed E-state index contributed by atoms with van der Waals surface area (Å²) >= 11 is 0.